The Balaban J connectivity index is 2.16. The van der Waals surface area contributed by atoms with Crippen LogP contribution in [0.5, 0.6) is 0 Å². The number of amides is 1. The van der Waals surface area contributed by atoms with Gasteiger partial charge in [0.1, 0.15) is 5.82 Å². The second-order valence-electron chi connectivity index (χ2n) is 4.84. The van der Waals surface area contributed by atoms with Crippen LogP contribution in [0.4, 0.5) is 10.1 Å². The number of nitrogen functional groups attached to an aromatic ring is 1. The van der Waals surface area contributed by atoms with E-state index in [-0.39, 0.29) is 17.6 Å². The highest BCUT2D eigenvalue weighted by Gasteiger charge is 2.26. The van der Waals surface area contributed by atoms with Crippen molar-refractivity contribution in [2.24, 2.45) is 5.92 Å². The Morgan fingerprint density at radius 3 is 2.83 bits per heavy atom. The molecule has 1 fully saturated rings. The fraction of sp³-hybridized carbons (Fsp3) is 0.462. The van der Waals surface area contributed by atoms with Gasteiger partial charge < -0.3 is 11.1 Å². The average molecular weight is 315 g/mol. The largest absolute Gasteiger partial charge is 0.396 e. The molecule has 18 heavy (non-hydrogen) atoms. The van der Waals surface area contributed by atoms with Crippen molar-refractivity contribution in [2.75, 3.05) is 5.73 Å². The van der Waals surface area contributed by atoms with E-state index in [1.807, 2.05) is 0 Å². The summed E-state index contributed by atoms with van der Waals surface area (Å²) in [4.78, 5) is 12.1. The second-order valence-corrected chi connectivity index (χ2v) is 5.70. The lowest BCUT2D eigenvalue weighted by Crippen LogP contribution is -2.36. The van der Waals surface area contributed by atoms with Gasteiger partial charge in [0.25, 0.3) is 5.91 Å². The molecule has 98 valence electrons. The summed E-state index contributed by atoms with van der Waals surface area (Å²) in [5.74, 6) is -0.231. The predicted molar refractivity (Wildman–Crippen MR) is 72.8 cm³/mol. The van der Waals surface area contributed by atoms with Crippen molar-refractivity contribution < 1.29 is 9.18 Å². The first-order valence-electron chi connectivity index (χ1n) is 6.04. The topological polar surface area (TPSA) is 55.1 Å². The number of benzene rings is 1. The predicted octanol–water partition coefficient (Wildman–Crippen LogP) is 3.09. The van der Waals surface area contributed by atoms with E-state index in [2.05, 4.69) is 28.2 Å². The maximum atomic E-state index is 13.2. The maximum Gasteiger partial charge on any atom is 0.252 e. The van der Waals surface area contributed by atoms with Gasteiger partial charge in [0.05, 0.1) is 11.3 Å². The van der Waals surface area contributed by atoms with E-state index in [1.54, 1.807) is 0 Å². The van der Waals surface area contributed by atoms with Crippen LogP contribution in [-0.2, 0) is 0 Å². The summed E-state index contributed by atoms with van der Waals surface area (Å²) < 4.78 is 13.6. The minimum Gasteiger partial charge on any atom is -0.396 e. The fourth-order valence-electron chi connectivity index (χ4n) is 2.35. The minimum absolute atomic E-state index is 0.0113. The maximum absolute atomic E-state index is 13.2. The molecule has 1 aliphatic carbocycles. The molecule has 0 saturated heterocycles. The van der Waals surface area contributed by atoms with Crippen LogP contribution in [-0.4, -0.2) is 11.9 Å². The molecule has 0 aliphatic heterocycles. The Kier molecular flexibility index (Phi) is 3.90. The summed E-state index contributed by atoms with van der Waals surface area (Å²) >= 11 is 3.19. The van der Waals surface area contributed by atoms with Crippen LogP contribution in [0.1, 0.15) is 36.5 Å². The van der Waals surface area contributed by atoms with Crippen molar-refractivity contribution in [1.82, 2.24) is 5.32 Å². The molecule has 1 saturated carbocycles. The number of anilines is 1. The first kappa shape index (κ1) is 13.3. The first-order chi connectivity index (χ1) is 8.49. The van der Waals surface area contributed by atoms with Gasteiger partial charge in [-0.3, -0.25) is 4.79 Å². The van der Waals surface area contributed by atoms with Gasteiger partial charge >= 0.3 is 0 Å². The van der Waals surface area contributed by atoms with Gasteiger partial charge in [-0.1, -0.05) is 13.3 Å². The lowest BCUT2D eigenvalue weighted by atomic mass is 10.1. The summed E-state index contributed by atoms with van der Waals surface area (Å²) in [7, 11) is 0. The Labute approximate surface area is 114 Å². The lowest BCUT2D eigenvalue weighted by Gasteiger charge is -2.18. The third-order valence-corrected chi connectivity index (χ3v) is 4.17. The molecule has 0 radical (unpaired) electrons. The van der Waals surface area contributed by atoms with Crippen molar-refractivity contribution in [3.63, 3.8) is 0 Å². The van der Waals surface area contributed by atoms with Gasteiger partial charge in [0.15, 0.2) is 0 Å². The zero-order valence-electron chi connectivity index (χ0n) is 10.2. The summed E-state index contributed by atoms with van der Waals surface area (Å²) in [6, 6.07) is 2.80. The molecule has 1 amide bonds. The molecule has 1 aromatic rings. The van der Waals surface area contributed by atoms with E-state index in [0.717, 1.165) is 19.3 Å². The zero-order chi connectivity index (χ0) is 13.3. The highest BCUT2D eigenvalue weighted by atomic mass is 79.9. The average Bonchev–Trinajstić information content (AvgIpc) is 2.69. The van der Waals surface area contributed by atoms with Crippen LogP contribution in [0.25, 0.3) is 0 Å². The van der Waals surface area contributed by atoms with Crippen LogP contribution in [0.2, 0.25) is 0 Å². The highest BCUT2D eigenvalue weighted by molar-refractivity contribution is 9.10. The molecular weight excluding hydrogens is 299 g/mol. The zero-order valence-corrected chi connectivity index (χ0v) is 11.8. The third-order valence-electron chi connectivity index (χ3n) is 3.51. The molecule has 1 aromatic carbocycles. The third kappa shape index (κ3) is 2.66. The van der Waals surface area contributed by atoms with E-state index >= 15 is 0 Å². The molecule has 5 heteroatoms. The quantitative estimate of drug-likeness (QED) is 0.824. The molecule has 0 heterocycles. The van der Waals surface area contributed by atoms with E-state index in [4.69, 9.17) is 5.73 Å². The molecule has 2 atom stereocenters. The summed E-state index contributed by atoms with van der Waals surface area (Å²) in [6.07, 6.45) is 3.28. The van der Waals surface area contributed by atoms with E-state index in [1.165, 1.54) is 12.1 Å². The molecule has 3 nitrogen and oxygen atoms in total. The summed E-state index contributed by atoms with van der Waals surface area (Å²) in [6.45, 7) is 2.13. The van der Waals surface area contributed by atoms with Crippen molar-refractivity contribution in [1.29, 1.82) is 0 Å². The monoisotopic (exact) mass is 314 g/mol. The van der Waals surface area contributed by atoms with Crippen LogP contribution >= 0.6 is 15.9 Å². The van der Waals surface area contributed by atoms with E-state index in [0.29, 0.717) is 16.0 Å². The van der Waals surface area contributed by atoms with Crippen LogP contribution < -0.4 is 11.1 Å². The van der Waals surface area contributed by atoms with Crippen molar-refractivity contribution in [3.8, 4) is 0 Å². The SMILES string of the molecule is CC1CCCC1NC(=O)c1cc(N)c(F)cc1Br. The van der Waals surface area contributed by atoms with Gasteiger partial charge in [0, 0.05) is 10.5 Å². The summed E-state index contributed by atoms with van der Waals surface area (Å²) in [5, 5.41) is 2.99. The number of nitrogens with one attached hydrogen (secondary N) is 1. The van der Waals surface area contributed by atoms with Gasteiger partial charge in [-0.2, -0.15) is 0 Å². The molecule has 1 aliphatic rings. The van der Waals surface area contributed by atoms with Gasteiger partial charge in [-0.25, -0.2) is 4.39 Å². The molecular formula is C13H16BrFN2O. The van der Waals surface area contributed by atoms with Crippen molar-refractivity contribution in [2.45, 2.75) is 32.2 Å². The van der Waals surface area contributed by atoms with E-state index in [9.17, 15) is 9.18 Å². The smallest absolute Gasteiger partial charge is 0.252 e. The standard InChI is InChI=1S/C13H16BrFN2O/c1-7-3-2-4-12(7)17-13(18)8-5-11(16)10(15)6-9(8)14/h5-7,12H,2-4,16H2,1H3,(H,17,18). The van der Waals surface area contributed by atoms with Crippen molar-refractivity contribution >= 4 is 27.5 Å². The van der Waals surface area contributed by atoms with Gasteiger partial charge in [-0.15, -0.1) is 0 Å². The molecule has 0 aromatic heterocycles. The second kappa shape index (κ2) is 5.26. The molecule has 2 unspecified atom stereocenters. The van der Waals surface area contributed by atoms with Crippen LogP contribution in [0.3, 0.4) is 0 Å². The fourth-order valence-corrected chi connectivity index (χ4v) is 2.84. The molecule has 2 rings (SSSR count). The number of halogens is 2. The number of hydrogen-bond donors (Lipinski definition) is 2. The Morgan fingerprint density at radius 2 is 2.22 bits per heavy atom. The van der Waals surface area contributed by atoms with E-state index < -0.39 is 5.82 Å². The number of nitrogens with two attached hydrogens (primary N) is 1. The summed E-state index contributed by atoms with van der Waals surface area (Å²) in [5.41, 5.74) is 5.86. The highest BCUT2D eigenvalue weighted by Crippen LogP contribution is 2.27. The molecule has 0 spiro atoms. The van der Waals surface area contributed by atoms with Gasteiger partial charge in [-0.05, 0) is 46.8 Å². The van der Waals surface area contributed by atoms with Crippen molar-refractivity contribution in [3.05, 3.63) is 28.0 Å². The number of carbonyl (C=O) groups excluding carboxylic acids is 1. The number of rotatable bonds is 2. The first-order valence-corrected chi connectivity index (χ1v) is 6.83. The Morgan fingerprint density at radius 1 is 1.50 bits per heavy atom. The Hall–Kier alpha value is -1.10. The molecule has 3 N–H and O–H groups in total. The van der Waals surface area contributed by atoms with Crippen LogP contribution in [0, 0.1) is 11.7 Å². The van der Waals surface area contributed by atoms with Gasteiger partial charge in [0.2, 0.25) is 0 Å². The number of carbonyl (C=O) groups is 1. The van der Waals surface area contributed by atoms with Crippen LogP contribution in [0.15, 0.2) is 16.6 Å². The lowest BCUT2D eigenvalue weighted by molar-refractivity contribution is 0.0929. The number of hydrogen-bond acceptors (Lipinski definition) is 2. The molecule has 0 bridgehead atoms. The normalized spacial score (nSPS) is 23.1. The minimum atomic E-state index is -0.521. The Bertz CT molecular complexity index is 478.